The van der Waals surface area contributed by atoms with Gasteiger partial charge in [0.05, 0.1) is 7.11 Å². The summed E-state index contributed by atoms with van der Waals surface area (Å²) in [5, 5.41) is 0. The fourth-order valence-corrected chi connectivity index (χ4v) is 0.475. The fraction of sp³-hybridized carbons (Fsp3) is 0.222. The van der Waals surface area contributed by atoms with Crippen LogP contribution in [0.5, 0.6) is 0 Å². The predicted molar refractivity (Wildman–Crippen MR) is 45.1 cm³/mol. The van der Waals surface area contributed by atoms with Crippen LogP contribution in [0, 0.1) is 0 Å². The zero-order valence-corrected chi connectivity index (χ0v) is 6.89. The molecule has 0 spiro atoms. The molecule has 0 atom stereocenters. The molecular weight excluding hydrogens is 140 g/mol. The molecule has 11 heavy (non-hydrogen) atoms. The van der Waals surface area contributed by atoms with E-state index in [1.807, 2.05) is 0 Å². The Hall–Kier alpha value is -1.31. The monoisotopic (exact) mass is 152 g/mol. The molecule has 0 aliphatic heterocycles. The highest BCUT2D eigenvalue weighted by Crippen LogP contribution is 2.02. The third kappa shape index (κ3) is 3.40. The molecule has 0 aromatic rings. The van der Waals surface area contributed by atoms with Crippen molar-refractivity contribution in [1.29, 1.82) is 0 Å². The maximum absolute atomic E-state index is 10.7. The molecule has 60 valence electrons. The van der Waals surface area contributed by atoms with Crippen molar-refractivity contribution in [2.45, 2.75) is 6.92 Å². The summed E-state index contributed by atoms with van der Waals surface area (Å²) in [6, 6.07) is 0. The van der Waals surface area contributed by atoms with Gasteiger partial charge in [0.2, 0.25) is 0 Å². The number of Topliss-reactive ketones (excluding diaryl/α,β-unsaturated/α-hetero) is 1. The lowest BCUT2D eigenvalue weighted by molar-refractivity contribution is -0.113. The predicted octanol–water partition coefficient (Wildman–Crippen LogP) is 1.85. The number of hydrogen-bond donors (Lipinski definition) is 0. The van der Waals surface area contributed by atoms with Crippen LogP contribution >= 0.6 is 0 Å². The number of hydrogen-bond acceptors (Lipinski definition) is 2. The normalized spacial score (nSPS) is 10.5. The molecule has 0 saturated carbocycles. The topological polar surface area (TPSA) is 26.3 Å². The first-order valence-electron chi connectivity index (χ1n) is 3.19. The number of carbonyl (C=O) groups excluding carboxylic acids is 1. The third-order valence-corrected chi connectivity index (χ3v) is 1.21. The summed E-state index contributed by atoms with van der Waals surface area (Å²) in [4.78, 5) is 10.7. The van der Waals surface area contributed by atoms with E-state index < -0.39 is 0 Å². The van der Waals surface area contributed by atoms with Gasteiger partial charge in [-0.1, -0.05) is 13.2 Å². The molecule has 0 N–H and O–H groups in total. The highest BCUT2D eigenvalue weighted by molar-refractivity contribution is 5.95. The van der Waals surface area contributed by atoms with Gasteiger partial charge in [-0.3, -0.25) is 4.79 Å². The molecule has 0 amide bonds. The Kier molecular flexibility index (Phi) is 3.96. The van der Waals surface area contributed by atoms with Crippen LogP contribution in [0.15, 0.2) is 36.6 Å². The Labute approximate surface area is 66.9 Å². The largest absolute Gasteiger partial charge is 0.497 e. The van der Waals surface area contributed by atoms with E-state index in [2.05, 4.69) is 13.2 Å². The van der Waals surface area contributed by atoms with Gasteiger partial charge < -0.3 is 4.74 Å². The number of rotatable bonds is 4. The quantitative estimate of drug-likeness (QED) is 0.349. The van der Waals surface area contributed by atoms with Crippen LogP contribution in [0.25, 0.3) is 0 Å². The smallest absolute Gasteiger partial charge is 0.159 e. The van der Waals surface area contributed by atoms with E-state index in [-0.39, 0.29) is 5.78 Å². The molecule has 0 aliphatic carbocycles. The molecule has 2 heteroatoms. The number of carbonyl (C=O) groups is 1. The molecule has 2 nitrogen and oxygen atoms in total. The molecule has 0 heterocycles. The summed E-state index contributed by atoms with van der Waals surface area (Å²) < 4.78 is 4.85. The number of allylic oxidation sites excluding steroid dienone is 3. The van der Waals surface area contributed by atoms with Gasteiger partial charge in [-0.15, -0.1) is 0 Å². The van der Waals surface area contributed by atoms with Crippen LogP contribution in [-0.4, -0.2) is 12.9 Å². The summed E-state index contributed by atoms with van der Waals surface area (Å²) in [5.74, 6) is 0.478. The van der Waals surface area contributed by atoms with Crippen LogP contribution in [0.3, 0.4) is 0 Å². The van der Waals surface area contributed by atoms with Crippen LogP contribution in [0.2, 0.25) is 0 Å². The van der Waals surface area contributed by atoms with Crippen molar-refractivity contribution in [3.63, 3.8) is 0 Å². The fourth-order valence-electron chi connectivity index (χ4n) is 0.475. The molecule has 0 aromatic carbocycles. The van der Waals surface area contributed by atoms with Crippen LogP contribution in [0.4, 0.5) is 0 Å². The minimum atomic E-state index is -0.0681. The second-order valence-corrected chi connectivity index (χ2v) is 2.04. The molecular formula is C9H12O2. The SMILES string of the molecule is C=C/C(=C\C(=C)C(C)=O)OC. The lowest BCUT2D eigenvalue weighted by atomic mass is 10.2. The highest BCUT2D eigenvalue weighted by Gasteiger charge is 1.97. The van der Waals surface area contributed by atoms with E-state index in [1.54, 1.807) is 6.08 Å². The molecule has 0 saturated heterocycles. The van der Waals surface area contributed by atoms with E-state index in [9.17, 15) is 4.79 Å². The van der Waals surface area contributed by atoms with Gasteiger partial charge in [-0.05, 0) is 19.1 Å². The number of methoxy groups -OCH3 is 1. The Balaban J connectivity index is 4.39. The van der Waals surface area contributed by atoms with Gasteiger partial charge in [0.1, 0.15) is 5.76 Å². The van der Waals surface area contributed by atoms with Crippen LogP contribution < -0.4 is 0 Å². The first kappa shape index (κ1) is 9.69. The molecule has 0 aliphatic rings. The average Bonchev–Trinajstić information content (AvgIpc) is 1.99. The van der Waals surface area contributed by atoms with Crippen molar-refractivity contribution in [3.8, 4) is 0 Å². The second-order valence-electron chi connectivity index (χ2n) is 2.04. The van der Waals surface area contributed by atoms with E-state index in [0.29, 0.717) is 11.3 Å². The van der Waals surface area contributed by atoms with E-state index in [0.717, 1.165) is 0 Å². The third-order valence-electron chi connectivity index (χ3n) is 1.21. The van der Waals surface area contributed by atoms with Crippen LogP contribution in [0.1, 0.15) is 6.92 Å². The van der Waals surface area contributed by atoms with Crippen molar-refractivity contribution < 1.29 is 9.53 Å². The van der Waals surface area contributed by atoms with Crippen molar-refractivity contribution in [3.05, 3.63) is 36.6 Å². The summed E-state index contributed by atoms with van der Waals surface area (Å²) >= 11 is 0. The van der Waals surface area contributed by atoms with Gasteiger partial charge >= 0.3 is 0 Å². The maximum atomic E-state index is 10.7. The number of ketones is 1. The standard InChI is InChI=1S/C9H12O2/c1-5-9(11-4)6-7(2)8(3)10/h5-6H,1-2H2,3-4H3/b9-6+. The van der Waals surface area contributed by atoms with Gasteiger partial charge in [-0.25, -0.2) is 0 Å². The van der Waals surface area contributed by atoms with E-state index in [1.165, 1.54) is 20.1 Å². The second kappa shape index (κ2) is 4.50. The Morgan fingerprint density at radius 2 is 2.09 bits per heavy atom. The molecule has 0 fully saturated rings. The minimum Gasteiger partial charge on any atom is -0.497 e. The van der Waals surface area contributed by atoms with Gasteiger partial charge in [-0.2, -0.15) is 0 Å². The zero-order chi connectivity index (χ0) is 8.85. The first-order chi connectivity index (χ1) is 5.11. The molecule has 0 rings (SSSR count). The Bertz CT molecular complexity index is 212. The summed E-state index contributed by atoms with van der Waals surface area (Å²) in [5.41, 5.74) is 0.418. The van der Waals surface area contributed by atoms with Crippen LogP contribution in [-0.2, 0) is 9.53 Å². The van der Waals surface area contributed by atoms with Gasteiger partial charge in [0.25, 0.3) is 0 Å². The van der Waals surface area contributed by atoms with Crippen molar-refractivity contribution in [2.75, 3.05) is 7.11 Å². The van der Waals surface area contributed by atoms with Crippen molar-refractivity contribution in [2.24, 2.45) is 0 Å². The van der Waals surface area contributed by atoms with E-state index in [4.69, 9.17) is 4.74 Å². The average molecular weight is 152 g/mol. The van der Waals surface area contributed by atoms with Crippen molar-refractivity contribution >= 4 is 5.78 Å². The van der Waals surface area contributed by atoms with Crippen molar-refractivity contribution in [1.82, 2.24) is 0 Å². The molecule has 0 aromatic heterocycles. The zero-order valence-electron chi connectivity index (χ0n) is 6.89. The van der Waals surface area contributed by atoms with Gasteiger partial charge in [0, 0.05) is 5.57 Å². The lowest BCUT2D eigenvalue weighted by Crippen LogP contribution is -1.92. The molecule has 0 radical (unpaired) electrons. The molecule has 0 bridgehead atoms. The lowest BCUT2D eigenvalue weighted by Gasteiger charge is -1.98. The van der Waals surface area contributed by atoms with E-state index >= 15 is 0 Å². The minimum absolute atomic E-state index is 0.0681. The Morgan fingerprint density at radius 3 is 2.36 bits per heavy atom. The maximum Gasteiger partial charge on any atom is 0.159 e. The molecule has 0 unspecified atom stereocenters. The highest BCUT2D eigenvalue weighted by atomic mass is 16.5. The van der Waals surface area contributed by atoms with Gasteiger partial charge in [0.15, 0.2) is 5.78 Å². The summed E-state index contributed by atoms with van der Waals surface area (Å²) in [7, 11) is 1.51. The summed E-state index contributed by atoms with van der Waals surface area (Å²) in [6.07, 6.45) is 3.07. The number of ether oxygens (including phenoxy) is 1. The Morgan fingerprint density at radius 1 is 1.55 bits per heavy atom. The first-order valence-corrected chi connectivity index (χ1v) is 3.19. The summed E-state index contributed by atoms with van der Waals surface area (Å²) in [6.45, 7) is 8.49.